The molecule has 1 nitrogen and oxygen atoms in total. The lowest BCUT2D eigenvalue weighted by atomic mass is 10.7. The maximum Gasteiger partial charge on any atom is 0.0769 e. The second-order valence-corrected chi connectivity index (χ2v) is 2.28. The van der Waals surface area contributed by atoms with Gasteiger partial charge in [0.1, 0.15) is 0 Å². The van der Waals surface area contributed by atoms with Gasteiger partial charge in [0.2, 0.25) is 0 Å². The number of hydrogen-bond donors (Lipinski definition) is 2. The molecule has 0 aromatic rings. The zero-order valence-electron chi connectivity index (χ0n) is 4.06. The van der Waals surface area contributed by atoms with Gasteiger partial charge >= 0.3 is 0 Å². The molecular weight excluding hydrogens is 126 g/mol. The topological polar surface area (TPSA) is 12.0 Å². The molecule has 0 rings (SSSR count). The van der Waals surface area contributed by atoms with Crippen LogP contribution in [0.4, 0.5) is 0 Å². The first-order valence-electron chi connectivity index (χ1n) is 1.78. The number of rotatable bonds is 1. The van der Waals surface area contributed by atoms with E-state index in [0.717, 1.165) is 0 Å². The third-order valence-electron chi connectivity index (χ3n) is 0.320. The first kappa shape index (κ1) is 6.98. The largest absolute Gasteiger partial charge is 0.346 e. The van der Waals surface area contributed by atoms with Crippen LogP contribution in [0, 0.1) is 0 Å². The van der Waals surface area contributed by atoms with E-state index in [-0.39, 0.29) is 0 Å². The van der Waals surface area contributed by atoms with Crippen LogP contribution >= 0.6 is 24.8 Å². The van der Waals surface area contributed by atoms with Crippen molar-refractivity contribution in [1.29, 1.82) is 0 Å². The minimum Gasteiger partial charge on any atom is -0.346 e. The average Bonchev–Trinajstić information content (AvgIpc) is 1.27. The van der Waals surface area contributed by atoms with E-state index in [1.807, 2.05) is 0 Å². The van der Waals surface area contributed by atoms with E-state index in [2.05, 4.69) is 36.7 Å². The highest BCUT2D eigenvalue weighted by Crippen LogP contribution is 1.86. The summed E-state index contributed by atoms with van der Waals surface area (Å²) < 4.78 is 0. The van der Waals surface area contributed by atoms with Crippen LogP contribution < -0.4 is 5.32 Å². The molecule has 7 heavy (non-hydrogen) atoms. The summed E-state index contributed by atoms with van der Waals surface area (Å²) in [6.07, 6.45) is 0. The number of nitrogens with one attached hydrogen (secondary N) is 1. The van der Waals surface area contributed by atoms with E-state index >= 15 is 0 Å². The quantitative estimate of drug-likeness (QED) is 0.413. The summed E-state index contributed by atoms with van der Waals surface area (Å²) in [5, 5.41) is 3.30. The Labute approximate surface area is 54.2 Å². The predicted octanol–water partition coefficient (Wildman–Crippen LogP) is 1.32. The van der Waals surface area contributed by atoms with Crippen LogP contribution in [0.1, 0.15) is 6.92 Å². The number of thiocarbonyl (C=S) groups is 1. The molecule has 0 fully saturated rings. The van der Waals surface area contributed by atoms with Gasteiger partial charge in [0.15, 0.2) is 0 Å². The third-order valence-corrected chi connectivity index (χ3v) is 0.534. The van der Waals surface area contributed by atoms with Crippen molar-refractivity contribution in [3.8, 4) is 0 Å². The molecular formula is C4H7NS2. The van der Waals surface area contributed by atoms with Crippen molar-refractivity contribution in [2.24, 2.45) is 0 Å². The van der Waals surface area contributed by atoms with Gasteiger partial charge in [0.25, 0.3) is 0 Å². The predicted molar refractivity (Wildman–Crippen MR) is 39.5 cm³/mol. The van der Waals surface area contributed by atoms with Crippen LogP contribution in [0.3, 0.4) is 0 Å². The van der Waals surface area contributed by atoms with Crippen molar-refractivity contribution in [3.05, 3.63) is 11.6 Å². The summed E-state index contributed by atoms with van der Waals surface area (Å²) in [7, 11) is 0. The molecule has 1 N–H and O–H groups in total. The van der Waals surface area contributed by atoms with Crippen LogP contribution in [0.2, 0.25) is 0 Å². The molecule has 40 valence electrons. The van der Waals surface area contributed by atoms with Crippen LogP contribution in [0.15, 0.2) is 11.6 Å². The Morgan fingerprint density at radius 2 is 2.29 bits per heavy atom. The third kappa shape index (κ3) is 5.98. The zero-order valence-corrected chi connectivity index (χ0v) is 5.77. The maximum atomic E-state index is 4.65. The van der Waals surface area contributed by atoms with Gasteiger partial charge in [-0.2, -0.15) is 0 Å². The van der Waals surface area contributed by atoms with E-state index in [0.29, 0.717) is 10.0 Å². The van der Waals surface area contributed by atoms with Crippen molar-refractivity contribution in [2.75, 3.05) is 0 Å². The van der Waals surface area contributed by atoms with E-state index in [1.165, 1.54) is 0 Å². The van der Waals surface area contributed by atoms with E-state index in [4.69, 9.17) is 0 Å². The van der Waals surface area contributed by atoms with Gasteiger partial charge in [-0.3, -0.25) is 0 Å². The lowest BCUT2D eigenvalue weighted by Gasteiger charge is -1.96. The Morgan fingerprint density at radius 1 is 1.86 bits per heavy atom. The zero-order chi connectivity index (χ0) is 5.86. The molecule has 0 aromatic heterocycles. The molecule has 0 atom stereocenters. The maximum absolute atomic E-state index is 4.65. The molecule has 3 heteroatoms. The van der Waals surface area contributed by atoms with Crippen molar-refractivity contribution in [2.45, 2.75) is 6.92 Å². The minimum atomic E-state index is 0.590. The van der Waals surface area contributed by atoms with Gasteiger partial charge in [0.05, 0.1) is 10.0 Å². The molecule has 0 saturated heterocycles. The van der Waals surface area contributed by atoms with Gasteiger partial charge < -0.3 is 5.32 Å². The minimum absolute atomic E-state index is 0.590. The second-order valence-electron chi connectivity index (χ2n) is 1.13. The van der Waals surface area contributed by atoms with Crippen molar-refractivity contribution in [3.63, 3.8) is 0 Å². The average molecular weight is 133 g/mol. The molecule has 0 amide bonds. The van der Waals surface area contributed by atoms with Crippen LogP contribution in [-0.2, 0) is 0 Å². The van der Waals surface area contributed by atoms with Crippen LogP contribution in [0.25, 0.3) is 0 Å². The van der Waals surface area contributed by atoms with E-state index in [1.54, 1.807) is 6.92 Å². The standard InChI is InChI=1S/C4H7NS2/c1-3(6)5-4(2)7/h6H,1H2,2H3,(H,5,7). The van der Waals surface area contributed by atoms with Crippen LogP contribution in [-0.4, -0.2) is 4.99 Å². The van der Waals surface area contributed by atoms with E-state index in [9.17, 15) is 0 Å². The lowest BCUT2D eigenvalue weighted by Crippen LogP contribution is -2.12. The molecule has 0 aliphatic heterocycles. The summed E-state index contributed by atoms with van der Waals surface area (Å²) in [6.45, 7) is 5.24. The highest BCUT2D eigenvalue weighted by atomic mass is 32.1. The molecule has 0 spiro atoms. The van der Waals surface area contributed by atoms with Gasteiger partial charge in [0, 0.05) is 0 Å². The summed E-state index contributed by atoms with van der Waals surface area (Å²) in [6, 6.07) is 0. The van der Waals surface area contributed by atoms with Gasteiger partial charge in [-0.05, 0) is 6.92 Å². The number of hydrogen-bond acceptors (Lipinski definition) is 2. The SMILES string of the molecule is C=C(S)NC(C)=S. The summed E-state index contributed by atoms with van der Waals surface area (Å²) in [5.74, 6) is 0. The monoisotopic (exact) mass is 133 g/mol. The Morgan fingerprint density at radius 3 is 2.29 bits per heavy atom. The second kappa shape index (κ2) is 3.04. The first-order chi connectivity index (χ1) is 3.13. The van der Waals surface area contributed by atoms with Gasteiger partial charge in [-0.25, -0.2) is 0 Å². The van der Waals surface area contributed by atoms with Crippen molar-refractivity contribution < 1.29 is 0 Å². The van der Waals surface area contributed by atoms with E-state index < -0.39 is 0 Å². The molecule has 0 bridgehead atoms. The fourth-order valence-electron chi connectivity index (χ4n) is 0.203. The fourth-order valence-corrected chi connectivity index (χ4v) is 0.570. The number of thiol groups is 1. The molecule has 0 heterocycles. The fraction of sp³-hybridized carbons (Fsp3) is 0.250. The Bertz CT molecular complexity index is 85.9. The van der Waals surface area contributed by atoms with Gasteiger partial charge in [-0.15, -0.1) is 12.6 Å². The first-order valence-corrected chi connectivity index (χ1v) is 2.64. The molecule has 0 aromatic carbocycles. The summed E-state index contributed by atoms with van der Waals surface area (Å²) in [5.41, 5.74) is 0. The normalized spacial score (nSPS) is 7.71. The molecule has 0 aliphatic carbocycles. The van der Waals surface area contributed by atoms with Gasteiger partial charge in [-0.1, -0.05) is 18.8 Å². The Hall–Kier alpha value is -0.0200. The van der Waals surface area contributed by atoms with Crippen molar-refractivity contribution in [1.82, 2.24) is 5.32 Å². The lowest BCUT2D eigenvalue weighted by molar-refractivity contribution is 1.28. The highest BCUT2D eigenvalue weighted by molar-refractivity contribution is 7.84. The summed E-state index contributed by atoms with van der Waals surface area (Å²) in [4.78, 5) is 0.694. The molecule has 0 aliphatic rings. The Balaban J connectivity index is 3.32. The molecule has 0 radical (unpaired) electrons. The Kier molecular flexibility index (Phi) is 3.04. The smallest absolute Gasteiger partial charge is 0.0769 e. The summed E-state index contributed by atoms with van der Waals surface area (Å²) >= 11 is 8.50. The highest BCUT2D eigenvalue weighted by Gasteiger charge is 1.81. The van der Waals surface area contributed by atoms with Crippen LogP contribution in [0.5, 0.6) is 0 Å². The molecule has 0 saturated carbocycles. The molecule has 0 unspecified atom stereocenters. The van der Waals surface area contributed by atoms with Crippen molar-refractivity contribution >= 4 is 29.8 Å².